The molecule has 0 spiro atoms. The van der Waals surface area contributed by atoms with Crippen LogP contribution < -0.4 is 4.90 Å². The summed E-state index contributed by atoms with van der Waals surface area (Å²) in [7, 11) is 2.09. The Bertz CT molecular complexity index is 1700. The number of rotatable bonds is 16. The second-order valence-corrected chi connectivity index (χ2v) is 12.1. The third kappa shape index (κ3) is 9.28. The molecule has 48 heavy (non-hydrogen) atoms. The fourth-order valence-electron chi connectivity index (χ4n) is 5.53. The summed E-state index contributed by atoms with van der Waals surface area (Å²) in [6, 6.07) is 17.4. The maximum Gasteiger partial charge on any atom is 0.411 e. The third-order valence-electron chi connectivity index (χ3n) is 7.89. The van der Waals surface area contributed by atoms with Crippen LogP contribution in [0.4, 0.5) is 16.2 Å². The Morgan fingerprint density at radius 3 is 2.44 bits per heavy atom. The smallest absolute Gasteiger partial charge is 0.411 e. The molecule has 0 aliphatic carbocycles. The minimum atomic E-state index is -1.18. The second kappa shape index (κ2) is 16.8. The van der Waals surface area contributed by atoms with Crippen LogP contribution >= 0.6 is 23.2 Å². The number of carboxylic acid groups (broad SMARTS) is 1. The molecule has 0 unspecified atom stereocenters. The van der Waals surface area contributed by atoms with Crippen LogP contribution in [-0.4, -0.2) is 95.8 Å². The fourth-order valence-corrected chi connectivity index (χ4v) is 6.10. The van der Waals surface area contributed by atoms with E-state index in [9.17, 15) is 20.0 Å². The van der Waals surface area contributed by atoms with Gasteiger partial charge in [0.1, 0.15) is 5.69 Å². The van der Waals surface area contributed by atoms with Crippen molar-refractivity contribution >= 4 is 40.7 Å². The van der Waals surface area contributed by atoms with Gasteiger partial charge in [0.05, 0.1) is 63.9 Å². The quantitative estimate of drug-likeness (QED) is 0.0844. The van der Waals surface area contributed by atoms with E-state index in [2.05, 4.69) is 34.4 Å². The Balaban J connectivity index is 0.993. The maximum atomic E-state index is 11.6. The van der Waals surface area contributed by atoms with Crippen molar-refractivity contribution in [2.45, 2.75) is 19.0 Å². The van der Waals surface area contributed by atoms with Crippen LogP contribution in [0.15, 0.2) is 66.9 Å². The fraction of sp³-hybridized carbons (Fsp3) is 0.364. The molecule has 1 aromatic heterocycles. The van der Waals surface area contributed by atoms with Crippen molar-refractivity contribution in [3.8, 4) is 11.3 Å². The summed E-state index contributed by atoms with van der Waals surface area (Å²) in [5.41, 5.74) is 5.38. The number of amides is 1. The van der Waals surface area contributed by atoms with Crippen molar-refractivity contribution in [3.05, 3.63) is 104 Å². The van der Waals surface area contributed by atoms with Gasteiger partial charge in [-0.1, -0.05) is 46.6 Å². The number of hydrogen-bond donors (Lipinski definition) is 1. The van der Waals surface area contributed by atoms with E-state index in [1.165, 1.54) is 24.3 Å². The molecular weight excluding hydrogens is 663 g/mol. The predicted octanol–water partition coefficient (Wildman–Crippen LogP) is 5.97. The van der Waals surface area contributed by atoms with Crippen molar-refractivity contribution in [3.63, 3.8) is 0 Å². The Morgan fingerprint density at radius 1 is 1.02 bits per heavy atom. The molecular formula is C33H36Cl2N6O7. The number of nitro benzene ring substituents is 1. The molecule has 2 heterocycles. The van der Waals surface area contributed by atoms with E-state index < -0.39 is 11.0 Å². The van der Waals surface area contributed by atoms with E-state index in [0.29, 0.717) is 48.7 Å². The van der Waals surface area contributed by atoms with E-state index in [4.69, 9.17) is 37.4 Å². The number of anilines is 1. The summed E-state index contributed by atoms with van der Waals surface area (Å²) < 4.78 is 18.4. The number of hydrogen-bond acceptors (Lipinski definition) is 9. The van der Waals surface area contributed by atoms with E-state index in [-0.39, 0.29) is 31.4 Å². The number of likely N-dealkylation sites (N-methyl/N-ethyl adjacent to an activating group) is 1. The number of fused-ring (bicyclic) bond motifs is 1. The van der Waals surface area contributed by atoms with Crippen LogP contribution in [0, 0.1) is 10.1 Å². The summed E-state index contributed by atoms with van der Waals surface area (Å²) in [6.45, 7) is 4.18. The molecule has 0 radical (unpaired) electrons. The van der Waals surface area contributed by atoms with E-state index in [0.717, 1.165) is 45.9 Å². The van der Waals surface area contributed by atoms with Crippen molar-refractivity contribution in [1.29, 1.82) is 0 Å². The SMILES string of the molecule is CN1Cc2c(Cl)cc(Cl)cc2[C@H](c2cccc(-c3cn(CCOCCOCCOCCN(C(=O)O)c4ccc([N+](=O)[O-])cc4)nn3)c2)C1. The van der Waals surface area contributed by atoms with Crippen LogP contribution in [0.25, 0.3) is 11.3 Å². The largest absolute Gasteiger partial charge is 0.465 e. The lowest BCUT2D eigenvalue weighted by molar-refractivity contribution is -0.384. The van der Waals surface area contributed by atoms with Crippen molar-refractivity contribution < 1.29 is 29.0 Å². The molecule has 0 fully saturated rings. The number of nitrogens with zero attached hydrogens (tertiary/aromatic N) is 6. The average Bonchev–Trinajstić information content (AvgIpc) is 3.54. The van der Waals surface area contributed by atoms with Crippen LogP contribution in [0.1, 0.15) is 22.6 Å². The standard InChI is InChI=1S/C33H36Cl2N6O7/c1-38-20-29(28-18-25(34)19-31(35)30(28)21-38)23-3-2-4-24(17-23)32-22-39(37-36-32)9-11-46-13-15-48-16-14-47-12-10-40(33(42)43)26-5-7-27(8-6-26)41(44)45/h2-8,17-19,22,29H,9-16,20-21H2,1H3,(H,42,43)/t29-/m0/s1. The molecule has 1 atom stereocenters. The number of benzene rings is 3. The molecule has 0 saturated carbocycles. The normalized spacial score (nSPS) is 14.5. The van der Waals surface area contributed by atoms with Crippen molar-refractivity contribution in [2.75, 3.05) is 64.7 Å². The van der Waals surface area contributed by atoms with Crippen LogP contribution in [0.3, 0.4) is 0 Å². The van der Waals surface area contributed by atoms with Crippen molar-refractivity contribution in [2.24, 2.45) is 0 Å². The molecule has 1 aliphatic heterocycles. The summed E-state index contributed by atoms with van der Waals surface area (Å²) >= 11 is 12.9. The van der Waals surface area contributed by atoms with Gasteiger partial charge in [-0.2, -0.15) is 0 Å². The molecule has 13 nitrogen and oxygen atoms in total. The molecule has 1 N–H and O–H groups in total. The zero-order valence-electron chi connectivity index (χ0n) is 26.3. The van der Waals surface area contributed by atoms with Gasteiger partial charge < -0.3 is 24.2 Å². The molecule has 1 amide bonds. The van der Waals surface area contributed by atoms with Crippen molar-refractivity contribution in [1.82, 2.24) is 19.9 Å². The lowest BCUT2D eigenvalue weighted by Gasteiger charge is -2.33. The Kier molecular flexibility index (Phi) is 12.3. The highest BCUT2D eigenvalue weighted by Gasteiger charge is 2.27. The van der Waals surface area contributed by atoms with Gasteiger partial charge in [-0.3, -0.25) is 15.0 Å². The summed E-state index contributed by atoms with van der Waals surface area (Å²) in [5, 5.41) is 30.2. The van der Waals surface area contributed by atoms with Gasteiger partial charge in [-0.05, 0) is 54.1 Å². The van der Waals surface area contributed by atoms with E-state index in [1.54, 1.807) is 10.7 Å². The van der Waals surface area contributed by atoms with Crippen LogP contribution in [0.5, 0.6) is 0 Å². The number of nitro groups is 1. The molecule has 254 valence electrons. The monoisotopic (exact) mass is 698 g/mol. The van der Waals surface area contributed by atoms with Gasteiger partial charge in [0, 0.05) is 52.4 Å². The lowest BCUT2D eigenvalue weighted by Crippen LogP contribution is -2.32. The topological polar surface area (TPSA) is 145 Å². The summed E-state index contributed by atoms with van der Waals surface area (Å²) in [5.74, 6) is 0.129. The van der Waals surface area contributed by atoms with Gasteiger partial charge in [-0.15, -0.1) is 5.10 Å². The first-order valence-corrected chi connectivity index (χ1v) is 16.1. The molecule has 3 aromatic carbocycles. The number of halogens is 2. The maximum absolute atomic E-state index is 11.6. The first-order chi connectivity index (χ1) is 23.2. The highest BCUT2D eigenvalue weighted by molar-refractivity contribution is 6.35. The lowest BCUT2D eigenvalue weighted by atomic mass is 9.84. The van der Waals surface area contributed by atoms with Gasteiger partial charge in [-0.25, -0.2) is 9.48 Å². The number of ether oxygens (including phenoxy) is 3. The Labute approximate surface area is 287 Å². The van der Waals surface area contributed by atoms with Gasteiger partial charge in [0.15, 0.2) is 0 Å². The molecule has 1 aliphatic rings. The summed E-state index contributed by atoms with van der Waals surface area (Å²) in [6.07, 6.45) is 0.724. The van der Waals surface area contributed by atoms with Crippen LogP contribution in [0.2, 0.25) is 10.0 Å². The second-order valence-electron chi connectivity index (χ2n) is 11.2. The van der Waals surface area contributed by atoms with Gasteiger partial charge in [0.2, 0.25) is 0 Å². The van der Waals surface area contributed by atoms with Gasteiger partial charge in [0.25, 0.3) is 5.69 Å². The Morgan fingerprint density at radius 2 is 1.73 bits per heavy atom. The predicted molar refractivity (Wildman–Crippen MR) is 181 cm³/mol. The first-order valence-electron chi connectivity index (χ1n) is 15.3. The van der Waals surface area contributed by atoms with E-state index in [1.807, 2.05) is 24.4 Å². The highest BCUT2D eigenvalue weighted by Crippen LogP contribution is 2.39. The van der Waals surface area contributed by atoms with E-state index >= 15 is 0 Å². The molecule has 5 rings (SSSR count). The highest BCUT2D eigenvalue weighted by atomic mass is 35.5. The minimum Gasteiger partial charge on any atom is -0.465 e. The first kappa shape index (κ1) is 35.2. The minimum absolute atomic E-state index is 0.0724. The molecule has 0 saturated heterocycles. The molecule has 4 aromatic rings. The number of carbonyl (C=O) groups is 1. The number of aromatic nitrogens is 3. The zero-order valence-corrected chi connectivity index (χ0v) is 27.8. The Hall–Kier alpha value is -4.11. The van der Waals surface area contributed by atoms with Crippen LogP contribution in [-0.2, 0) is 27.3 Å². The zero-order chi connectivity index (χ0) is 34.0. The average molecular weight is 700 g/mol. The molecule has 0 bridgehead atoms. The third-order valence-corrected chi connectivity index (χ3v) is 8.44. The number of non-ortho nitro benzene ring substituents is 1. The molecule has 15 heteroatoms. The van der Waals surface area contributed by atoms with Gasteiger partial charge >= 0.3 is 6.09 Å². The summed E-state index contributed by atoms with van der Waals surface area (Å²) in [4.78, 5) is 25.2.